The molecule has 4 atom stereocenters. The Morgan fingerprint density at radius 1 is 0.875 bits per heavy atom. The third kappa shape index (κ3) is 5.21. The summed E-state index contributed by atoms with van der Waals surface area (Å²) >= 11 is 0. The molecular formula is C26H26F3NO2. The van der Waals surface area contributed by atoms with Crippen molar-refractivity contribution >= 4 is 0 Å². The van der Waals surface area contributed by atoms with Crippen LogP contribution in [0.25, 0.3) is 0 Å². The number of alkyl halides is 2. The van der Waals surface area contributed by atoms with Crippen LogP contribution in [0.1, 0.15) is 53.7 Å². The predicted octanol–water partition coefficient (Wildman–Crippen LogP) is 6.92. The van der Waals surface area contributed by atoms with Crippen molar-refractivity contribution in [3.63, 3.8) is 0 Å². The zero-order chi connectivity index (χ0) is 22.5. The van der Waals surface area contributed by atoms with E-state index < -0.39 is 18.9 Å². The van der Waals surface area contributed by atoms with Crippen LogP contribution in [-0.4, -0.2) is 17.8 Å². The molecule has 3 aromatic rings. The fourth-order valence-electron chi connectivity index (χ4n) is 4.17. The summed E-state index contributed by atoms with van der Waals surface area (Å²) in [5.41, 5.74) is 2.30. The van der Waals surface area contributed by atoms with E-state index in [1.54, 1.807) is 73.7 Å². The van der Waals surface area contributed by atoms with Crippen LogP contribution in [-0.2, 0) is 9.57 Å². The molecule has 32 heavy (non-hydrogen) atoms. The quantitative estimate of drug-likeness (QED) is 0.397. The SMILES string of the molecule is Cc1cc(F)ccc1C1CCCN(OC(F)c2ccccc2)C1OC(F)c1ccccc1. The zero-order valence-corrected chi connectivity index (χ0v) is 17.8. The lowest BCUT2D eigenvalue weighted by molar-refractivity contribution is -0.334. The summed E-state index contributed by atoms with van der Waals surface area (Å²) in [6.07, 6.45) is -2.94. The molecule has 4 rings (SSSR count). The highest BCUT2D eigenvalue weighted by Gasteiger charge is 2.38. The maximum Gasteiger partial charge on any atom is 0.243 e. The fourth-order valence-corrected chi connectivity index (χ4v) is 4.17. The Balaban J connectivity index is 1.62. The number of ether oxygens (including phenoxy) is 1. The average molecular weight is 441 g/mol. The van der Waals surface area contributed by atoms with Crippen LogP contribution < -0.4 is 0 Å². The standard InChI is InChI=1S/C26H26F3NO2/c1-18-17-21(27)14-15-22(18)23-13-8-16-30(32-25(29)20-11-6-3-7-12-20)26(23)31-24(28)19-9-4-2-5-10-19/h2-7,9-12,14-15,17,23-26H,8,13,16H2,1H3. The zero-order valence-electron chi connectivity index (χ0n) is 17.8. The van der Waals surface area contributed by atoms with Gasteiger partial charge in [-0.1, -0.05) is 66.7 Å². The summed E-state index contributed by atoms with van der Waals surface area (Å²) in [4.78, 5) is 5.64. The van der Waals surface area contributed by atoms with E-state index in [1.807, 2.05) is 0 Å². The first kappa shape index (κ1) is 22.5. The average Bonchev–Trinajstić information content (AvgIpc) is 2.81. The van der Waals surface area contributed by atoms with Gasteiger partial charge in [0.15, 0.2) is 0 Å². The number of hydrogen-bond acceptors (Lipinski definition) is 3. The van der Waals surface area contributed by atoms with Crippen molar-refractivity contribution in [2.45, 2.75) is 44.6 Å². The van der Waals surface area contributed by atoms with Crippen molar-refractivity contribution in [1.29, 1.82) is 0 Å². The number of piperidine rings is 1. The maximum atomic E-state index is 15.1. The molecule has 0 N–H and O–H groups in total. The van der Waals surface area contributed by atoms with Gasteiger partial charge in [0, 0.05) is 23.6 Å². The monoisotopic (exact) mass is 441 g/mol. The molecule has 0 spiro atoms. The molecule has 0 amide bonds. The topological polar surface area (TPSA) is 21.7 Å². The van der Waals surface area contributed by atoms with Crippen molar-refractivity contribution in [2.75, 3.05) is 6.54 Å². The molecular weight excluding hydrogens is 415 g/mol. The first-order chi connectivity index (χ1) is 15.5. The molecule has 1 aliphatic heterocycles. The van der Waals surface area contributed by atoms with Crippen LogP contribution in [0.4, 0.5) is 13.2 Å². The van der Waals surface area contributed by atoms with Crippen molar-refractivity contribution in [1.82, 2.24) is 5.06 Å². The van der Waals surface area contributed by atoms with Gasteiger partial charge in [0.05, 0.1) is 0 Å². The minimum Gasteiger partial charge on any atom is -0.323 e. The number of hydrogen-bond donors (Lipinski definition) is 0. The van der Waals surface area contributed by atoms with Crippen LogP contribution in [0.15, 0.2) is 78.9 Å². The van der Waals surface area contributed by atoms with E-state index >= 15 is 4.39 Å². The number of benzene rings is 3. The van der Waals surface area contributed by atoms with Gasteiger partial charge < -0.3 is 4.74 Å². The van der Waals surface area contributed by atoms with E-state index in [4.69, 9.17) is 9.57 Å². The molecule has 0 saturated carbocycles. The summed E-state index contributed by atoms with van der Waals surface area (Å²) in [6.45, 7) is 2.19. The Bertz CT molecular complexity index is 1000. The lowest BCUT2D eigenvalue weighted by Crippen LogP contribution is -2.46. The van der Waals surface area contributed by atoms with Crippen LogP contribution in [0.2, 0.25) is 0 Å². The van der Waals surface area contributed by atoms with E-state index in [0.717, 1.165) is 11.1 Å². The van der Waals surface area contributed by atoms with Crippen LogP contribution in [0.5, 0.6) is 0 Å². The van der Waals surface area contributed by atoms with Crippen molar-refractivity contribution in [3.05, 3.63) is 107 Å². The van der Waals surface area contributed by atoms with Gasteiger partial charge in [-0.15, -0.1) is 0 Å². The number of nitrogens with zero attached hydrogens (tertiary/aromatic N) is 1. The Labute approximate surface area is 186 Å². The van der Waals surface area contributed by atoms with E-state index in [-0.39, 0.29) is 11.7 Å². The molecule has 1 aliphatic rings. The number of halogens is 3. The minimum absolute atomic E-state index is 0.311. The normalized spacial score (nSPS) is 21.2. The van der Waals surface area contributed by atoms with Gasteiger partial charge in [0.25, 0.3) is 0 Å². The molecule has 0 aromatic heterocycles. The Morgan fingerprint density at radius 2 is 1.50 bits per heavy atom. The molecule has 0 radical (unpaired) electrons. The molecule has 4 unspecified atom stereocenters. The van der Waals surface area contributed by atoms with E-state index in [0.29, 0.717) is 30.5 Å². The maximum absolute atomic E-state index is 15.1. The summed E-state index contributed by atoms with van der Waals surface area (Å²) in [6, 6.07) is 21.6. The Morgan fingerprint density at radius 3 is 2.12 bits per heavy atom. The van der Waals surface area contributed by atoms with Gasteiger partial charge in [-0.2, -0.15) is 5.06 Å². The van der Waals surface area contributed by atoms with Gasteiger partial charge in [0.2, 0.25) is 12.7 Å². The molecule has 1 heterocycles. The summed E-state index contributed by atoms with van der Waals surface area (Å²) in [5, 5.41) is 1.39. The minimum atomic E-state index is -1.72. The molecule has 1 fully saturated rings. The molecule has 168 valence electrons. The smallest absolute Gasteiger partial charge is 0.243 e. The van der Waals surface area contributed by atoms with Crippen molar-refractivity contribution < 1.29 is 22.7 Å². The second-order valence-corrected chi connectivity index (χ2v) is 7.98. The van der Waals surface area contributed by atoms with Gasteiger partial charge in [-0.25, -0.2) is 13.2 Å². The second kappa shape index (κ2) is 10.3. The fraction of sp³-hybridized carbons (Fsp3) is 0.308. The van der Waals surface area contributed by atoms with Crippen LogP contribution in [0, 0.1) is 12.7 Å². The lowest BCUT2D eigenvalue weighted by Gasteiger charge is -2.41. The highest BCUT2D eigenvalue weighted by atomic mass is 19.2. The molecule has 1 saturated heterocycles. The Kier molecular flexibility index (Phi) is 7.25. The van der Waals surface area contributed by atoms with Gasteiger partial charge >= 0.3 is 0 Å². The highest BCUT2D eigenvalue weighted by Crippen LogP contribution is 2.39. The Hall–Kier alpha value is -2.67. The molecule has 0 aliphatic carbocycles. The number of rotatable bonds is 7. The number of hydroxylamine groups is 2. The second-order valence-electron chi connectivity index (χ2n) is 7.98. The lowest BCUT2D eigenvalue weighted by atomic mass is 9.87. The van der Waals surface area contributed by atoms with Gasteiger partial charge in [-0.3, -0.25) is 4.84 Å². The van der Waals surface area contributed by atoms with Gasteiger partial charge in [0.1, 0.15) is 12.0 Å². The van der Waals surface area contributed by atoms with E-state index in [1.165, 1.54) is 17.2 Å². The summed E-state index contributed by atoms with van der Waals surface area (Å²) in [5.74, 6) is -0.650. The van der Waals surface area contributed by atoms with Crippen molar-refractivity contribution in [3.8, 4) is 0 Å². The number of aryl methyl sites for hydroxylation is 1. The molecule has 0 bridgehead atoms. The predicted molar refractivity (Wildman–Crippen MR) is 116 cm³/mol. The van der Waals surface area contributed by atoms with Crippen LogP contribution in [0.3, 0.4) is 0 Å². The van der Waals surface area contributed by atoms with Crippen molar-refractivity contribution in [2.24, 2.45) is 0 Å². The van der Waals surface area contributed by atoms with Gasteiger partial charge in [-0.05, 0) is 43.0 Å². The summed E-state index contributed by atoms with van der Waals surface area (Å²) < 4.78 is 49.7. The molecule has 3 aromatic carbocycles. The highest BCUT2D eigenvalue weighted by molar-refractivity contribution is 5.31. The third-order valence-electron chi connectivity index (χ3n) is 5.76. The molecule has 3 nitrogen and oxygen atoms in total. The summed E-state index contributed by atoms with van der Waals surface area (Å²) in [7, 11) is 0. The van der Waals surface area contributed by atoms with Crippen LogP contribution >= 0.6 is 0 Å². The van der Waals surface area contributed by atoms with E-state index in [2.05, 4.69) is 0 Å². The third-order valence-corrected chi connectivity index (χ3v) is 5.76. The molecule has 6 heteroatoms. The van der Waals surface area contributed by atoms with E-state index in [9.17, 15) is 8.78 Å². The largest absolute Gasteiger partial charge is 0.323 e. The first-order valence-corrected chi connectivity index (χ1v) is 10.8. The first-order valence-electron chi connectivity index (χ1n) is 10.8.